The van der Waals surface area contributed by atoms with Gasteiger partial charge in [-0.2, -0.15) is 0 Å². The average molecular weight is 271 g/mol. The molecule has 1 rings (SSSR count). The molecule has 0 aliphatic rings. The van der Waals surface area contributed by atoms with Crippen molar-refractivity contribution < 1.29 is 9.59 Å². The van der Waals surface area contributed by atoms with Gasteiger partial charge in [-0.1, -0.05) is 0 Å². The summed E-state index contributed by atoms with van der Waals surface area (Å²) in [5.41, 5.74) is 2.51. The summed E-state index contributed by atoms with van der Waals surface area (Å²) in [7, 11) is 3.47. The zero-order valence-corrected chi connectivity index (χ0v) is 12.0. The molecule has 1 aromatic heterocycles. The Balaban J connectivity index is 2.87. The summed E-state index contributed by atoms with van der Waals surface area (Å²) in [6.45, 7) is 4.40. The number of rotatable bonds is 5. The van der Waals surface area contributed by atoms with Crippen LogP contribution in [0.2, 0.25) is 0 Å². The molecule has 0 saturated heterocycles. The molecule has 1 heterocycles. The lowest BCUT2D eigenvalue weighted by Gasteiger charge is -2.13. The van der Waals surface area contributed by atoms with Crippen LogP contribution in [0, 0.1) is 13.8 Å². The van der Waals surface area contributed by atoms with E-state index in [2.05, 4.69) is 0 Å². The summed E-state index contributed by atoms with van der Waals surface area (Å²) in [6, 6.07) is 1.83. The molecule has 0 bridgehead atoms. The molecule has 0 spiro atoms. The molecule has 0 fully saturated rings. The van der Waals surface area contributed by atoms with Gasteiger partial charge in [0.15, 0.2) is 5.78 Å². The van der Waals surface area contributed by atoms with Gasteiger partial charge in [0.25, 0.3) is 0 Å². The van der Waals surface area contributed by atoms with Crippen molar-refractivity contribution in [1.29, 1.82) is 0 Å². The molecule has 0 atom stereocenters. The molecule has 1 amide bonds. The summed E-state index contributed by atoms with van der Waals surface area (Å²) in [6.07, 6.45) is 0.428. The number of Topliss-reactive ketones (excluding diaryl/α,β-unsaturated/α-hetero) is 1. The molecule has 0 aliphatic carbocycles. The van der Waals surface area contributed by atoms with E-state index in [1.165, 1.54) is 0 Å². The lowest BCUT2D eigenvalue weighted by molar-refractivity contribution is -0.128. The third kappa shape index (κ3) is 3.13. The molecule has 5 heteroatoms. The number of alkyl halides is 1. The molecule has 0 aromatic carbocycles. The highest BCUT2D eigenvalue weighted by atomic mass is 35.5. The highest BCUT2D eigenvalue weighted by molar-refractivity contribution is 6.30. The second kappa shape index (κ2) is 6.05. The van der Waals surface area contributed by atoms with Crippen LogP contribution in [0.1, 0.15) is 28.2 Å². The predicted molar refractivity (Wildman–Crippen MR) is 72.3 cm³/mol. The van der Waals surface area contributed by atoms with Gasteiger partial charge in [0.1, 0.15) is 0 Å². The van der Waals surface area contributed by atoms with Crippen molar-refractivity contribution in [2.24, 2.45) is 0 Å². The molecule has 0 N–H and O–H groups in total. The van der Waals surface area contributed by atoms with Crippen molar-refractivity contribution in [3.05, 3.63) is 23.0 Å². The molecule has 100 valence electrons. The first-order chi connectivity index (χ1) is 8.38. The van der Waals surface area contributed by atoms with Crippen LogP contribution in [-0.4, -0.2) is 41.1 Å². The Morgan fingerprint density at radius 2 is 1.94 bits per heavy atom. The normalized spacial score (nSPS) is 10.5. The SMILES string of the molecule is Cc1cc(C(=O)CCl)c(C)n1CCC(=O)N(C)C. The second-order valence-corrected chi connectivity index (χ2v) is 4.80. The third-order valence-electron chi connectivity index (χ3n) is 3.04. The van der Waals surface area contributed by atoms with Gasteiger partial charge >= 0.3 is 0 Å². The van der Waals surface area contributed by atoms with Crippen LogP contribution in [0.4, 0.5) is 0 Å². The number of amides is 1. The molecular formula is C13H19ClN2O2. The van der Waals surface area contributed by atoms with Crippen molar-refractivity contribution in [3.8, 4) is 0 Å². The maximum atomic E-state index is 11.6. The lowest BCUT2D eigenvalue weighted by atomic mass is 10.2. The molecule has 4 nitrogen and oxygen atoms in total. The summed E-state index contributed by atoms with van der Waals surface area (Å²) in [4.78, 5) is 24.8. The van der Waals surface area contributed by atoms with Crippen molar-refractivity contribution in [3.63, 3.8) is 0 Å². The van der Waals surface area contributed by atoms with Crippen LogP contribution >= 0.6 is 11.6 Å². The van der Waals surface area contributed by atoms with E-state index in [1.54, 1.807) is 19.0 Å². The van der Waals surface area contributed by atoms with E-state index in [9.17, 15) is 9.59 Å². The van der Waals surface area contributed by atoms with E-state index in [0.717, 1.165) is 11.4 Å². The Morgan fingerprint density at radius 1 is 1.33 bits per heavy atom. The minimum absolute atomic E-state index is 0.0130. The van der Waals surface area contributed by atoms with Crippen LogP contribution in [-0.2, 0) is 11.3 Å². The monoisotopic (exact) mass is 270 g/mol. The van der Waals surface area contributed by atoms with Gasteiger partial charge in [-0.15, -0.1) is 11.6 Å². The number of aromatic nitrogens is 1. The molecule has 0 unspecified atom stereocenters. The number of carbonyl (C=O) groups excluding carboxylic acids is 2. The molecule has 18 heavy (non-hydrogen) atoms. The van der Waals surface area contributed by atoms with Crippen LogP contribution in [0.5, 0.6) is 0 Å². The fraction of sp³-hybridized carbons (Fsp3) is 0.538. The molecule has 0 aliphatic heterocycles. The van der Waals surface area contributed by atoms with Gasteiger partial charge in [-0.05, 0) is 19.9 Å². The van der Waals surface area contributed by atoms with Gasteiger partial charge in [0.05, 0.1) is 5.88 Å². The average Bonchev–Trinajstić information content (AvgIpc) is 2.61. The van der Waals surface area contributed by atoms with E-state index in [1.807, 2.05) is 24.5 Å². The topological polar surface area (TPSA) is 42.3 Å². The lowest BCUT2D eigenvalue weighted by Crippen LogP contribution is -2.23. The van der Waals surface area contributed by atoms with Crippen molar-refractivity contribution in [2.75, 3.05) is 20.0 Å². The van der Waals surface area contributed by atoms with E-state index in [-0.39, 0.29) is 17.6 Å². The Kier molecular flexibility index (Phi) is 4.96. The first-order valence-electron chi connectivity index (χ1n) is 5.84. The first kappa shape index (κ1) is 14.8. The van der Waals surface area contributed by atoms with Crippen LogP contribution in [0.3, 0.4) is 0 Å². The first-order valence-corrected chi connectivity index (χ1v) is 6.38. The number of ketones is 1. The summed E-state index contributed by atoms with van der Waals surface area (Å²) in [5.74, 6) is -0.0105. The molecule has 1 aromatic rings. The Bertz CT molecular complexity index is 464. The van der Waals surface area contributed by atoms with E-state index >= 15 is 0 Å². The highest BCUT2D eigenvalue weighted by Crippen LogP contribution is 2.17. The Hall–Kier alpha value is -1.29. The summed E-state index contributed by atoms with van der Waals surface area (Å²) < 4.78 is 1.99. The zero-order valence-electron chi connectivity index (χ0n) is 11.3. The predicted octanol–water partition coefficient (Wildman–Crippen LogP) is 2.00. The largest absolute Gasteiger partial charge is 0.349 e. The number of nitrogens with zero attached hydrogens (tertiary/aromatic N) is 2. The second-order valence-electron chi connectivity index (χ2n) is 4.53. The van der Waals surface area contributed by atoms with Crippen LogP contribution < -0.4 is 0 Å². The number of hydrogen-bond donors (Lipinski definition) is 0. The highest BCUT2D eigenvalue weighted by Gasteiger charge is 2.15. The minimum atomic E-state index is -0.0741. The fourth-order valence-corrected chi connectivity index (χ4v) is 2.07. The van der Waals surface area contributed by atoms with E-state index in [4.69, 9.17) is 11.6 Å². The standard InChI is InChI=1S/C13H19ClN2O2/c1-9-7-11(12(17)8-14)10(2)16(9)6-5-13(18)15(3)4/h7H,5-6,8H2,1-4H3. The van der Waals surface area contributed by atoms with E-state index in [0.29, 0.717) is 18.5 Å². The van der Waals surface area contributed by atoms with Crippen molar-refractivity contribution in [1.82, 2.24) is 9.47 Å². The Labute approximate surface area is 113 Å². The summed E-state index contributed by atoms with van der Waals surface area (Å²) >= 11 is 5.57. The number of aryl methyl sites for hydroxylation is 1. The smallest absolute Gasteiger partial charge is 0.223 e. The number of carbonyl (C=O) groups is 2. The fourth-order valence-electron chi connectivity index (χ4n) is 1.93. The summed E-state index contributed by atoms with van der Waals surface area (Å²) in [5, 5.41) is 0. The van der Waals surface area contributed by atoms with Gasteiger partial charge in [-0.25, -0.2) is 0 Å². The van der Waals surface area contributed by atoms with Crippen molar-refractivity contribution >= 4 is 23.3 Å². The number of hydrogen-bond acceptors (Lipinski definition) is 2. The Morgan fingerprint density at radius 3 is 2.44 bits per heavy atom. The van der Waals surface area contributed by atoms with E-state index < -0.39 is 0 Å². The van der Waals surface area contributed by atoms with Gasteiger partial charge in [-0.3, -0.25) is 9.59 Å². The van der Waals surface area contributed by atoms with Crippen LogP contribution in [0.15, 0.2) is 6.07 Å². The molecular weight excluding hydrogens is 252 g/mol. The minimum Gasteiger partial charge on any atom is -0.349 e. The zero-order chi connectivity index (χ0) is 13.9. The quantitative estimate of drug-likeness (QED) is 0.607. The maximum absolute atomic E-state index is 11.6. The molecule has 0 saturated carbocycles. The van der Waals surface area contributed by atoms with Crippen molar-refractivity contribution in [2.45, 2.75) is 26.8 Å². The van der Waals surface area contributed by atoms with Gasteiger partial charge in [0.2, 0.25) is 5.91 Å². The van der Waals surface area contributed by atoms with Crippen LogP contribution in [0.25, 0.3) is 0 Å². The van der Waals surface area contributed by atoms with Gasteiger partial charge in [0, 0.05) is 44.0 Å². The maximum Gasteiger partial charge on any atom is 0.223 e. The number of halogens is 1. The van der Waals surface area contributed by atoms with Gasteiger partial charge < -0.3 is 9.47 Å². The third-order valence-corrected chi connectivity index (χ3v) is 3.29. The molecule has 0 radical (unpaired) electrons.